The minimum Gasteiger partial charge on any atom is -0.493 e. The Morgan fingerprint density at radius 1 is 1.05 bits per heavy atom. The van der Waals surface area contributed by atoms with E-state index in [2.05, 4.69) is 4.98 Å². The number of carbonyl (C=O) groups is 2. The maximum absolute atomic E-state index is 14.1. The largest absolute Gasteiger partial charge is 0.493 e. The molecular weight excluding hydrogens is 519 g/mol. The summed E-state index contributed by atoms with van der Waals surface area (Å²) >= 11 is 0.931. The number of fused-ring (bicyclic) bond motifs is 2. The second-order valence-electron chi connectivity index (χ2n) is 8.25. The van der Waals surface area contributed by atoms with Gasteiger partial charge in [-0.15, -0.1) is 0 Å². The van der Waals surface area contributed by atoms with E-state index < -0.39 is 29.2 Å². The number of anilines is 1. The van der Waals surface area contributed by atoms with Crippen LogP contribution in [0.1, 0.15) is 43.1 Å². The number of aromatic nitrogens is 1. The van der Waals surface area contributed by atoms with Crippen LogP contribution in [-0.4, -0.2) is 45.3 Å². The minimum atomic E-state index is -1.08. The molecule has 0 fully saturated rings. The molecule has 3 heterocycles. The van der Waals surface area contributed by atoms with Gasteiger partial charge in [-0.1, -0.05) is 11.3 Å². The van der Waals surface area contributed by atoms with Gasteiger partial charge in [0.15, 0.2) is 22.1 Å². The molecule has 5 rings (SSSR count). The van der Waals surface area contributed by atoms with Gasteiger partial charge in [0, 0.05) is 0 Å². The summed E-state index contributed by atoms with van der Waals surface area (Å²) in [6, 6.07) is 5.60. The number of ether oxygens (including phenoxy) is 4. The van der Waals surface area contributed by atoms with E-state index in [9.17, 15) is 18.8 Å². The van der Waals surface area contributed by atoms with Gasteiger partial charge in [0.2, 0.25) is 11.5 Å². The van der Waals surface area contributed by atoms with Crippen LogP contribution in [0.5, 0.6) is 17.2 Å². The van der Waals surface area contributed by atoms with Gasteiger partial charge in [-0.05, 0) is 42.8 Å². The van der Waals surface area contributed by atoms with Gasteiger partial charge in [0.25, 0.3) is 5.91 Å². The van der Waals surface area contributed by atoms with Crippen LogP contribution >= 0.6 is 11.3 Å². The summed E-state index contributed by atoms with van der Waals surface area (Å²) in [4.78, 5) is 45.8. The summed E-state index contributed by atoms with van der Waals surface area (Å²) in [6.07, 6.45) is 0. The smallest absolute Gasteiger partial charge is 0.350 e. The average Bonchev–Trinajstić information content (AvgIpc) is 3.44. The van der Waals surface area contributed by atoms with Gasteiger partial charge in [0.05, 0.1) is 51.1 Å². The second kappa shape index (κ2) is 9.45. The van der Waals surface area contributed by atoms with Crippen LogP contribution in [0.25, 0.3) is 11.0 Å². The Hall–Kier alpha value is -4.45. The quantitative estimate of drug-likeness (QED) is 0.331. The van der Waals surface area contributed by atoms with E-state index in [0.717, 1.165) is 23.5 Å². The van der Waals surface area contributed by atoms with Crippen LogP contribution in [-0.2, 0) is 4.74 Å². The first-order valence-corrected chi connectivity index (χ1v) is 12.0. The van der Waals surface area contributed by atoms with Crippen molar-refractivity contribution < 1.29 is 37.3 Å². The Morgan fingerprint density at radius 2 is 1.74 bits per heavy atom. The monoisotopic (exact) mass is 540 g/mol. The highest BCUT2D eigenvalue weighted by atomic mass is 32.1. The first kappa shape index (κ1) is 25.2. The summed E-state index contributed by atoms with van der Waals surface area (Å²) in [5, 5.41) is 0.106. The number of aryl methyl sites for hydroxylation is 1. The molecule has 1 aliphatic heterocycles. The number of methoxy groups -OCH3 is 4. The van der Waals surface area contributed by atoms with Gasteiger partial charge >= 0.3 is 5.97 Å². The Morgan fingerprint density at radius 3 is 2.34 bits per heavy atom. The van der Waals surface area contributed by atoms with Gasteiger partial charge < -0.3 is 23.4 Å². The molecule has 4 aromatic rings. The number of nitrogens with zero attached hydrogens (tertiary/aromatic N) is 2. The summed E-state index contributed by atoms with van der Waals surface area (Å²) < 4.78 is 41.2. The lowest BCUT2D eigenvalue weighted by Gasteiger charge is -2.24. The molecular formula is C26H21FN2O8S. The molecule has 1 unspecified atom stereocenters. The maximum atomic E-state index is 14.1. The van der Waals surface area contributed by atoms with Crippen molar-refractivity contribution >= 4 is 39.3 Å². The van der Waals surface area contributed by atoms with Crippen LogP contribution in [0, 0.1) is 12.7 Å². The van der Waals surface area contributed by atoms with E-state index in [1.165, 1.54) is 39.4 Å². The van der Waals surface area contributed by atoms with Crippen molar-refractivity contribution in [1.29, 1.82) is 0 Å². The molecule has 0 radical (unpaired) electrons. The van der Waals surface area contributed by atoms with Crippen molar-refractivity contribution in [3.63, 3.8) is 0 Å². The maximum Gasteiger partial charge on any atom is 0.350 e. The van der Waals surface area contributed by atoms with Crippen LogP contribution in [0.3, 0.4) is 0 Å². The van der Waals surface area contributed by atoms with E-state index in [4.69, 9.17) is 23.4 Å². The Labute approximate surface area is 219 Å². The van der Waals surface area contributed by atoms with Crippen molar-refractivity contribution in [2.45, 2.75) is 13.0 Å². The lowest BCUT2D eigenvalue weighted by atomic mass is 9.98. The van der Waals surface area contributed by atoms with E-state index in [1.807, 2.05) is 0 Å². The molecule has 1 amide bonds. The third-order valence-electron chi connectivity index (χ3n) is 6.20. The molecule has 12 heteroatoms. The van der Waals surface area contributed by atoms with Crippen molar-refractivity contribution in [3.05, 3.63) is 73.8 Å². The van der Waals surface area contributed by atoms with Gasteiger partial charge in [-0.3, -0.25) is 14.5 Å². The molecule has 0 N–H and O–H groups in total. The number of hydrogen-bond acceptors (Lipinski definition) is 10. The van der Waals surface area contributed by atoms with Crippen molar-refractivity contribution in [3.8, 4) is 17.2 Å². The van der Waals surface area contributed by atoms with Crippen LogP contribution in [0.4, 0.5) is 9.52 Å². The summed E-state index contributed by atoms with van der Waals surface area (Å²) in [7, 11) is 5.56. The number of benzene rings is 2. The third-order valence-corrected chi connectivity index (χ3v) is 7.33. The molecule has 2 aromatic carbocycles. The predicted molar refractivity (Wildman–Crippen MR) is 135 cm³/mol. The van der Waals surface area contributed by atoms with Crippen molar-refractivity contribution in [2.24, 2.45) is 0 Å². The zero-order valence-electron chi connectivity index (χ0n) is 20.9. The fourth-order valence-corrected chi connectivity index (χ4v) is 5.50. The normalized spacial score (nSPS) is 14.5. The summed E-state index contributed by atoms with van der Waals surface area (Å²) in [5.74, 6) is -1.26. The highest BCUT2D eigenvalue weighted by Gasteiger charge is 2.46. The molecule has 196 valence electrons. The van der Waals surface area contributed by atoms with Gasteiger partial charge in [-0.25, -0.2) is 14.2 Å². The van der Waals surface area contributed by atoms with Crippen LogP contribution in [0.15, 0.2) is 39.5 Å². The number of rotatable bonds is 6. The topological polar surface area (TPSA) is 117 Å². The molecule has 0 spiro atoms. The molecule has 0 aliphatic carbocycles. The first-order valence-electron chi connectivity index (χ1n) is 11.2. The zero-order valence-corrected chi connectivity index (χ0v) is 21.7. The van der Waals surface area contributed by atoms with Crippen LogP contribution in [0.2, 0.25) is 0 Å². The van der Waals surface area contributed by atoms with E-state index in [0.29, 0.717) is 17.0 Å². The summed E-state index contributed by atoms with van der Waals surface area (Å²) in [6.45, 7) is 1.61. The van der Waals surface area contributed by atoms with E-state index in [1.54, 1.807) is 19.1 Å². The first-order chi connectivity index (χ1) is 18.2. The average molecular weight is 541 g/mol. The molecule has 10 nitrogen and oxygen atoms in total. The third kappa shape index (κ3) is 3.76. The van der Waals surface area contributed by atoms with Crippen molar-refractivity contribution in [2.75, 3.05) is 33.3 Å². The SMILES string of the molecule is COC(=O)c1sc(N2C(=O)c3oc4ccc(F)cc4c(=O)c3C2c2cc(OC)c(OC)c(OC)c2)nc1C. The van der Waals surface area contributed by atoms with E-state index in [-0.39, 0.29) is 43.8 Å². The number of carbonyl (C=O) groups excluding carboxylic acids is 2. The fourth-order valence-electron chi connectivity index (χ4n) is 4.48. The Kier molecular flexibility index (Phi) is 6.27. The lowest BCUT2D eigenvalue weighted by Crippen LogP contribution is -2.29. The second-order valence-corrected chi connectivity index (χ2v) is 9.23. The number of halogens is 1. The molecule has 0 saturated heterocycles. The fraction of sp³-hybridized carbons (Fsp3) is 0.231. The standard InChI is InChI=1S/C26H21FN2O8S/c1-11-23(25(32)36-5)38-26(28-11)29-19(12-8-16(33-2)21(35-4)17(9-12)34-3)18-20(30)14-10-13(27)6-7-15(14)37-22(18)24(29)31/h6-10,19H,1-5H3. The molecule has 1 aliphatic rings. The molecule has 0 saturated carbocycles. The number of hydrogen-bond donors (Lipinski definition) is 0. The highest BCUT2D eigenvalue weighted by molar-refractivity contribution is 7.17. The highest BCUT2D eigenvalue weighted by Crippen LogP contribution is 2.47. The zero-order chi connectivity index (χ0) is 27.3. The van der Waals surface area contributed by atoms with Gasteiger partial charge in [0.1, 0.15) is 16.3 Å². The predicted octanol–water partition coefficient (Wildman–Crippen LogP) is 4.26. The lowest BCUT2D eigenvalue weighted by molar-refractivity contribution is 0.0605. The Balaban J connectivity index is 1.83. The molecule has 2 aromatic heterocycles. The number of amides is 1. The van der Waals surface area contributed by atoms with Crippen molar-refractivity contribution in [1.82, 2.24) is 4.98 Å². The summed E-state index contributed by atoms with van der Waals surface area (Å²) in [5.41, 5.74) is 0.198. The molecule has 1 atom stereocenters. The number of esters is 1. The Bertz CT molecular complexity index is 1650. The van der Waals surface area contributed by atoms with Crippen LogP contribution < -0.4 is 24.5 Å². The molecule has 0 bridgehead atoms. The van der Waals surface area contributed by atoms with Gasteiger partial charge in [-0.2, -0.15) is 0 Å². The molecule has 38 heavy (non-hydrogen) atoms. The van der Waals surface area contributed by atoms with E-state index >= 15 is 0 Å². The minimum absolute atomic E-state index is 0.0187. The number of thiazole rings is 1.